The molecule has 20 heavy (non-hydrogen) atoms. The molecule has 4 nitrogen and oxygen atoms in total. The van der Waals surface area contributed by atoms with Gasteiger partial charge in [-0.1, -0.05) is 18.6 Å². The van der Waals surface area contributed by atoms with Crippen molar-refractivity contribution >= 4 is 23.3 Å². The number of unbranched alkanes of at least 4 members (excludes halogenated alkanes) is 2. The molecule has 0 atom stereocenters. The van der Waals surface area contributed by atoms with Crippen molar-refractivity contribution in [3.05, 3.63) is 29.8 Å². The molecule has 0 saturated heterocycles. The van der Waals surface area contributed by atoms with E-state index in [-0.39, 0.29) is 6.03 Å². The Hall–Kier alpha value is -1.26. The molecule has 2 N–H and O–H groups in total. The highest BCUT2D eigenvalue weighted by Gasteiger charge is 2.01. The Morgan fingerprint density at radius 1 is 1.30 bits per heavy atom. The van der Waals surface area contributed by atoms with Crippen molar-refractivity contribution in [2.24, 2.45) is 0 Å². The van der Waals surface area contributed by atoms with Crippen molar-refractivity contribution in [2.45, 2.75) is 25.7 Å². The van der Waals surface area contributed by atoms with E-state index in [1.54, 1.807) is 7.11 Å². The summed E-state index contributed by atoms with van der Waals surface area (Å²) in [5.41, 5.74) is 2.05. The van der Waals surface area contributed by atoms with E-state index >= 15 is 0 Å². The zero-order valence-corrected chi connectivity index (χ0v) is 12.7. The number of hydrogen-bond donors (Lipinski definition) is 2. The molecule has 0 aliphatic carbocycles. The minimum absolute atomic E-state index is 0.220. The van der Waals surface area contributed by atoms with Gasteiger partial charge in [-0.25, -0.2) is 4.79 Å². The summed E-state index contributed by atoms with van der Waals surface area (Å²) in [7, 11) is 1.73. The molecule has 0 saturated carbocycles. The number of urea groups is 1. The predicted octanol–water partition coefficient (Wildman–Crippen LogP) is 3.41. The summed E-state index contributed by atoms with van der Waals surface area (Å²) < 4.78 is 5.03. The third-order valence-electron chi connectivity index (χ3n) is 2.88. The highest BCUT2D eigenvalue weighted by molar-refractivity contribution is 6.18. The number of rotatable bonds is 9. The fourth-order valence-electron chi connectivity index (χ4n) is 1.89. The highest BCUT2D eigenvalue weighted by Crippen LogP contribution is 2.13. The Labute approximate surface area is 125 Å². The molecule has 0 heterocycles. The quantitative estimate of drug-likeness (QED) is 0.542. The fraction of sp³-hybridized carbons (Fsp3) is 0.533. The van der Waals surface area contributed by atoms with Crippen LogP contribution in [0.1, 0.15) is 24.8 Å². The third kappa shape index (κ3) is 7.36. The lowest BCUT2D eigenvalue weighted by Gasteiger charge is -2.08. The molecule has 1 aromatic carbocycles. The van der Waals surface area contributed by atoms with Gasteiger partial charge >= 0.3 is 6.03 Å². The summed E-state index contributed by atoms with van der Waals surface area (Å²) in [5, 5.41) is 5.47. The van der Waals surface area contributed by atoms with Crippen LogP contribution < -0.4 is 10.6 Å². The number of carbonyl (C=O) groups is 1. The Balaban J connectivity index is 2.35. The zero-order valence-electron chi connectivity index (χ0n) is 12.0. The molecule has 0 radical (unpaired) electrons. The first kappa shape index (κ1) is 16.8. The number of ether oxygens (including phenoxy) is 1. The SMILES string of the molecule is COCCCCCc1cccc(NC(=O)NCCCl)c1. The monoisotopic (exact) mass is 298 g/mol. The van der Waals surface area contributed by atoms with Crippen molar-refractivity contribution in [2.75, 3.05) is 31.5 Å². The van der Waals surface area contributed by atoms with E-state index < -0.39 is 0 Å². The van der Waals surface area contributed by atoms with E-state index in [2.05, 4.69) is 16.7 Å². The summed E-state index contributed by atoms with van der Waals surface area (Å²) in [5.74, 6) is 0.412. The van der Waals surface area contributed by atoms with Gasteiger partial charge in [0.1, 0.15) is 0 Å². The van der Waals surface area contributed by atoms with Gasteiger partial charge in [-0.3, -0.25) is 0 Å². The van der Waals surface area contributed by atoms with Gasteiger partial charge in [0.25, 0.3) is 0 Å². The van der Waals surface area contributed by atoms with Crippen molar-refractivity contribution in [1.82, 2.24) is 5.32 Å². The largest absolute Gasteiger partial charge is 0.385 e. The summed E-state index contributed by atoms with van der Waals surface area (Å²) in [6.07, 6.45) is 4.39. The second-order valence-electron chi connectivity index (χ2n) is 4.57. The van der Waals surface area contributed by atoms with Gasteiger partial charge in [-0.15, -0.1) is 11.6 Å². The molecule has 0 fully saturated rings. The number of nitrogens with one attached hydrogen (secondary N) is 2. The van der Waals surface area contributed by atoms with Gasteiger partial charge in [0.15, 0.2) is 0 Å². The van der Waals surface area contributed by atoms with E-state index in [1.165, 1.54) is 5.56 Å². The van der Waals surface area contributed by atoms with Crippen molar-refractivity contribution in [1.29, 1.82) is 0 Å². The molecule has 2 amide bonds. The maximum absolute atomic E-state index is 11.5. The molecular formula is C15H23ClN2O2. The van der Waals surface area contributed by atoms with Crippen LogP contribution in [0.25, 0.3) is 0 Å². The van der Waals surface area contributed by atoms with E-state index in [0.29, 0.717) is 12.4 Å². The Morgan fingerprint density at radius 3 is 2.90 bits per heavy atom. The molecule has 0 aliphatic heterocycles. The minimum atomic E-state index is -0.220. The molecule has 0 bridgehead atoms. The van der Waals surface area contributed by atoms with Gasteiger partial charge in [-0.2, -0.15) is 0 Å². The molecule has 0 aromatic heterocycles. The van der Waals surface area contributed by atoms with E-state index in [1.807, 2.05) is 18.2 Å². The van der Waals surface area contributed by atoms with Crippen LogP contribution in [0.3, 0.4) is 0 Å². The molecule has 5 heteroatoms. The lowest BCUT2D eigenvalue weighted by molar-refractivity contribution is 0.192. The molecule has 0 aliphatic rings. The van der Waals surface area contributed by atoms with Gasteiger partial charge in [0, 0.05) is 31.8 Å². The summed E-state index contributed by atoms with van der Waals surface area (Å²) >= 11 is 5.52. The second kappa shape index (κ2) is 10.5. The Morgan fingerprint density at radius 2 is 2.15 bits per heavy atom. The molecule has 0 unspecified atom stereocenters. The lowest BCUT2D eigenvalue weighted by Crippen LogP contribution is -2.30. The molecule has 1 aromatic rings. The van der Waals surface area contributed by atoms with Gasteiger partial charge < -0.3 is 15.4 Å². The number of halogens is 1. The predicted molar refractivity (Wildman–Crippen MR) is 83.6 cm³/mol. The minimum Gasteiger partial charge on any atom is -0.385 e. The average Bonchev–Trinajstić information content (AvgIpc) is 2.45. The normalized spacial score (nSPS) is 10.3. The highest BCUT2D eigenvalue weighted by atomic mass is 35.5. The summed E-state index contributed by atoms with van der Waals surface area (Å²) in [4.78, 5) is 11.5. The zero-order chi connectivity index (χ0) is 14.6. The smallest absolute Gasteiger partial charge is 0.319 e. The fourth-order valence-corrected chi connectivity index (χ4v) is 1.99. The van der Waals surface area contributed by atoms with Crippen molar-refractivity contribution in [3.63, 3.8) is 0 Å². The van der Waals surface area contributed by atoms with Crippen LogP contribution in [0.2, 0.25) is 0 Å². The first-order valence-electron chi connectivity index (χ1n) is 6.95. The Kier molecular flexibility index (Phi) is 8.83. The number of benzene rings is 1. The molecule has 0 spiro atoms. The van der Waals surface area contributed by atoms with Crippen LogP contribution in [0, 0.1) is 0 Å². The standard InChI is InChI=1S/C15H23ClN2O2/c1-20-11-4-2-3-6-13-7-5-8-14(12-13)18-15(19)17-10-9-16/h5,7-8,12H,2-4,6,9-11H2,1H3,(H2,17,18,19). The van der Waals surface area contributed by atoms with E-state index in [0.717, 1.165) is 38.0 Å². The van der Waals surface area contributed by atoms with Crippen LogP contribution in [0.4, 0.5) is 10.5 Å². The summed E-state index contributed by atoms with van der Waals surface area (Å²) in [6, 6.07) is 7.72. The number of methoxy groups -OCH3 is 1. The maximum Gasteiger partial charge on any atom is 0.319 e. The average molecular weight is 299 g/mol. The number of amides is 2. The maximum atomic E-state index is 11.5. The topological polar surface area (TPSA) is 50.4 Å². The van der Waals surface area contributed by atoms with Crippen molar-refractivity contribution < 1.29 is 9.53 Å². The van der Waals surface area contributed by atoms with Crippen LogP contribution in [-0.4, -0.2) is 32.2 Å². The van der Waals surface area contributed by atoms with Crippen LogP contribution in [0.5, 0.6) is 0 Å². The molecule has 112 valence electrons. The lowest BCUT2D eigenvalue weighted by atomic mass is 10.1. The third-order valence-corrected chi connectivity index (χ3v) is 3.07. The van der Waals surface area contributed by atoms with Crippen molar-refractivity contribution in [3.8, 4) is 0 Å². The van der Waals surface area contributed by atoms with E-state index in [9.17, 15) is 4.79 Å². The van der Waals surface area contributed by atoms with Gasteiger partial charge in [0.2, 0.25) is 0 Å². The van der Waals surface area contributed by atoms with Crippen LogP contribution in [-0.2, 0) is 11.2 Å². The van der Waals surface area contributed by atoms with Gasteiger partial charge in [0.05, 0.1) is 0 Å². The number of anilines is 1. The number of carbonyl (C=O) groups excluding carboxylic acids is 1. The second-order valence-corrected chi connectivity index (χ2v) is 4.95. The first-order chi connectivity index (χ1) is 9.76. The first-order valence-corrected chi connectivity index (χ1v) is 7.48. The Bertz CT molecular complexity index is 399. The van der Waals surface area contributed by atoms with Crippen LogP contribution in [0.15, 0.2) is 24.3 Å². The number of hydrogen-bond acceptors (Lipinski definition) is 2. The van der Waals surface area contributed by atoms with E-state index in [4.69, 9.17) is 16.3 Å². The number of alkyl halides is 1. The number of aryl methyl sites for hydroxylation is 1. The molecule has 1 rings (SSSR count). The van der Waals surface area contributed by atoms with Crippen LogP contribution >= 0.6 is 11.6 Å². The molecular weight excluding hydrogens is 276 g/mol. The van der Waals surface area contributed by atoms with Gasteiger partial charge in [-0.05, 0) is 37.0 Å². The summed E-state index contributed by atoms with van der Waals surface area (Å²) in [6.45, 7) is 1.29.